The molecule has 1 aromatic rings. The molecule has 2 rings (SSSR count). The zero-order valence-electron chi connectivity index (χ0n) is 18.4. The van der Waals surface area contributed by atoms with E-state index >= 15 is 0 Å². The molecule has 0 bridgehead atoms. The number of hydrogen-bond donors (Lipinski definition) is 2. The van der Waals surface area contributed by atoms with Crippen molar-refractivity contribution in [1.82, 2.24) is 0 Å². The standard InChI is InChI=1S/C21H29NO10/c1-5-27-19-18(29-12(3)25)17(10-28-11(2)24)32-21(20(19)30-13(4)26)31-16-7-6-14(9-23)8-15(16)22/h6-8,17-21,23H,5,9-10,22H2,1-4H3/t17-,18+,19+,20-,21-/m1/s1. The molecule has 32 heavy (non-hydrogen) atoms. The molecule has 0 spiro atoms. The minimum atomic E-state index is -1.23. The lowest BCUT2D eigenvalue weighted by Crippen LogP contribution is -2.63. The Morgan fingerprint density at radius 3 is 2.22 bits per heavy atom. The Labute approximate surface area is 185 Å². The highest BCUT2D eigenvalue weighted by Crippen LogP contribution is 2.32. The van der Waals surface area contributed by atoms with Gasteiger partial charge in [-0.1, -0.05) is 6.07 Å². The number of anilines is 1. The van der Waals surface area contributed by atoms with Gasteiger partial charge in [0.1, 0.15) is 24.6 Å². The molecule has 3 N–H and O–H groups in total. The lowest BCUT2D eigenvalue weighted by atomic mass is 9.98. The van der Waals surface area contributed by atoms with Crippen molar-refractivity contribution in [3.63, 3.8) is 0 Å². The van der Waals surface area contributed by atoms with Crippen LogP contribution in [0.2, 0.25) is 0 Å². The zero-order valence-corrected chi connectivity index (χ0v) is 18.4. The first-order valence-electron chi connectivity index (χ1n) is 10.1. The zero-order chi connectivity index (χ0) is 23.8. The molecule has 1 aliphatic rings. The summed E-state index contributed by atoms with van der Waals surface area (Å²) < 4.78 is 33.4. The molecule has 0 amide bonds. The Morgan fingerprint density at radius 2 is 1.69 bits per heavy atom. The van der Waals surface area contributed by atoms with Crippen LogP contribution in [0.1, 0.15) is 33.3 Å². The van der Waals surface area contributed by atoms with Crippen molar-refractivity contribution in [2.75, 3.05) is 18.9 Å². The molecule has 1 fully saturated rings. The molecule has 0 radical (unpaired) electrons. The summed E-state index contributed by atoms with van der Waals surface area (Å²) in [6.45, 7) is 5.08. The quantitative estimate of drug-likeness (QED) is 0.307. The summed E-state index contributed by atoms with van der Waals surface area (Å²) >= 11 is 0. The van der Waals surface area contributed by atoms with Crippen LogP contribution >= 0.6 is 0 Å². The largest absolute Gasteiger partial charge is 0.463 e. The van der Waals surface area contributed by atoms with Crippen LogP contribution in [0, 0.1) is 0 Å². The van der Waals surface area contributed by atoms with Crippen molar-refractivity contribution >= 4 is 23.6 Å². The van der Waals surface area contributed by atoms with E-state index in [1.54, 1.807) is 13.0 Å². The maximum absolute atomic E-state index is 11.8. The number of benzene rings is 1. The van der Waals surface area contributed by atoms with Gasteiger partial charge in [-0.15, -0.1) is 0 Å². The van der Waals surface area contributed by atoms with Gasteiger partial charge < -0.3 is 39.3 Å². The van der Waals surface area contributed by atoms with E-state index in [9.17, 15) is 19.5 Å². The average molecular weight is 455 g/mol. The maximum atomic E-state index is 11.8. The number of rotatable bonds is 9. The molecule has 1 heterocycles. The van der Waals surface area contributed by atoms with Gasteiger partial charge >= 0.3 is 17.9 Å². The Kier molecular flexibility index (Phi) is 9.24. The lowest BCUT2D eigenvalue weighted by molar-refractivity contribution is -0.292. The number of aliphatic hydroxyl groups is 1. The van der Waals surface area contributed by atoms with E-state index in [1.165, 1.54) is 32.9 Å². The highest BCUT2D eigenvalue weighted by Gasteiger charge is 2.52. The van der Waals surface area contributed by atoms with Gasteiger partial charge in [-0.2, -0.15) is 0 Å². The minimum Gasteiger partial charge on any atom is -0.463 e. The number of carbonyl (C=O) groups is 3. The van der Waals surface area contributed by atoms with Gasteiger partial charge in [0.05, 0.1) is 12.3 Å². The SMILES string of the molecule is CCO[C@H]1[C@@H](OC(C)=O)[C@@H](COC(C)=O)O[C@@H](Oc2ccc(CO)cc2N)[C@@H]1OC(C)=O. The Balaban J connectivity index is 2.42. The smallest absolute Gasteiger partial charge is 0.303 e. The highest BCUT2D eigenvalue weighted by molar-refractivity contribution is 5.67. The molecule has 178 valence electrons. The molecule has 0 aliphatic carbocycles. The molecular weight excluding hydrogens is 426 g/mol. The number of esters is 3. The van der Waals surface area contributed by atoms with E-state index in [0.717, 1.165) is 0 Å². The Hall–Kier alpha value is -2.89. The van der Waals surface area contributed by atoms with Crippen LogP contribution in [0.25, 0.3) is 0 Å². The van der Waals surface area contributed by atoms with Crippen LogP contribution in [0.5, 0.6) is 5.75 Å². The Bertz CT molecular complexity index is 814. The lowest BCUT2D eigenvalue weighted by Gasteiger charge is -2.44. The number of nitrogens with two attached hydrogens (primary N) is 1. The van der Waals surface area contributed by atoms with Crippen molar-refractivity contribution in [3.8, 4) is 5.75 Å². The first kappa shape index (κ1) is 25.4. The number of hydrogen-bond acceptors (Lipinski definition) is 11. The van der Waals surface area contributed by atoms with Crippen LogP contribution in [-0.2, 0) is 44.7 Å². The summed E-state index contributed by atoms with van der Waals surface area (Å²) in [7, 11) is 0. The first-order chi connectivity index (χ1) is 15.2. The van der Waals surface area contributed by atoms with E-state index < -0.39 is 48.6 Å². The van der Waals surface area contributed by atoms with Gasteiger partial charge in [0.15, 0.2) is 12.2 Å². The summed E-state index contributed by atoms with van der Waals surface area (Å²) in [5.41, 5.74) is 6.80. The number of ether oxygens (including phenoxy) is 6. The van der Waals surface area contributed by atoms with E-state index in [0.29, 0.717) is 5.56 Å². The number of carbonyl (C=O) groups excluding carboxylic acids is 3. The number of nitrogen functional groups attached to an aromatic ring is 1. The molecule has 1 saturated heterocycles. The van der Waals surface area contributed by atoms with Gasteiger partial charge in [0, 0.05) is 27.4 Å². The van der Waals surface area contributed by atoms with Crippen LogP contribution in [-0.4, -0.2) is 66.9 Å². The summed E-state index contributed by atoms with van der Waals surface area (Å²) in [6, 6.07) is 4.66. The van der Waals surface area contributed by atoms with Crippen molar-refractivity contribution in [2.24, 2.45) is 0 Å². The van der Waals surface area contributed by atoms with E-state index in [2.05, 4.69) is 0 Å². The molecule has 1 aliphatic heterocycles. The normalized spacial score (nSPS) is 25.0. The van der Waals surface area contributed by atoms with Crippen molar-refractivity contribution in [1.29, 1.82) is 0 Å². The van der Waals surface area contributed by atoms with E-state index in [1.807, 2.05) is 0 Å². The topological polar surface area (TPSA) is 153 Å². The number of aliphatic hydroxyl groups excluding tert-OH is 1. The fraction of sp³-hybridized carbons (Fsp3) is 0.571. The van der Waals surface area contributed by atoms with Gasteiger partial charge in [-0.05, 0) is 24.6 Å². The van der Waals surface area contributed by atoms with E-state index in [4.69, 9.17) is 34.2 Å². The second-order valence-corrected chi connectivity index (χ2v) is 7.06. The van der Waals surface area contributed by atoms with Crippen molar-refractivity contribution in [2.45, 2.75) is 65.0 Å². The predicted octanol–water partition coefficient (Wildman–Crippen LogP) is 0.696. The molecular formula is C21H29NO10. The van der Waals surface area contributed by atoms with Gasteiger partial charge in [-0.3, -0.25) is 14.4 Å². The fourth-order valence-electron chi connectivity index (χ4n) is 3.27. The van der Waals surface area contributed by atoms with Crippen LogP contribution < -0.4 is 10.5 Å². The Morgan fingerprint density at radius 1 is 1.03 bits per heavy atom. The van der Waals surface area contributed by atoms with Gasteiger partial charge in [-0.25, -0.2) is 0 Å². The van der Waals surface area contributed by atoms with Crippen LogP contribution in [0.4, 0.5) is 5.69 Å². The maximum Gasteiger partial charge on any atom is 0.303 e. The van der Waals surface area contributed by atoms with Crippen LogP contribution in [0.3, 0.4) is 0 Å². The van der Waals surface area contributed by atoms with Crippen LogP contribution in [0.15, 0.2) is 18.2 Å². The average Bonchev–Trinajstić information content (AvgIpc) is 2.71. The second-order valence-electron chi connectivity index (χ2n) is 7.06. The molecule has 5 atom stereocenters. The monoisotopic (exact) mass is 455 g/mol. The summed E-state index contributed by atoms with van der Waals surface area (Å²) in [6.07, 6.45) is -5.38. The molecule has 11 heteroatoms. The highest BCUT2D eigenvalue weighted by atomic mass is 16.7. The summed E-state index contributed by atoms with van der Waals surface area (Å²) in [5, 5.41) is 9.27. The predicted molar refractivity (Wildman–Crippen MR) is 109 cm³/mol. The van der Waals surface area contributed by atoms with Gasteiger partial charge in [0.2, 0.25) is 6.29 Å². The first-order valence-corrected chi connectivity index (χ1v) is 10.1. The third kappa shape index (κ3) is 6.81. The molecule has 0 saturated carbocycles. The summed E-state index contributed by atoms with van der Waals surface area (Å²) in [5.74, 6) is -1.62. The molecule has 0 aromatic heterocycles. The van der Waals surface area contributed by atoms with Crippen molar-refractivity contribution < 1.29 is 47.9 Å². The van der Waals surface area contributed by atoms with Gasteiger partial charge in [0.25, 0.3) is 0 Å². The summed E-state index contributed by atoms with van der Waals surface area (Å²) in [4.78, 5) is 34.9. The molecule has 1 aromatic carbocycles. The second kappa shape index (κ2) is 11.7. The molecule has 11 nitrogen and oxygen atoms in total. The van der Waals surface area contributed by atoms with E-state index in [-0.39, 0.29) is 31.3 Å². The third-order valence-electron chi connectivity index (χ3n) is 4.51. The van der Waals surface area contributed by atoms with Crippen molar-refractivity contribution in [3.05, 3.63) is 23.8 Å². The molecule has 0 unspecified atom stereocenters. The minimum absolute atomic E-state index is 0.195. The fourth-order valence-corrected chi connectivity index (χ4v) is 3.27. The third-order valence-corrected chi connectivity index (χ3v) is 4.51.